The number of rotatable bonds is 5. The molecule has 0 saturated carbocycles. The van der Waals surface area contributed by atoms with E-state index in [1.165, 1.54) is 107 Å². The van der Waals surface area contributed by atoms with Crippen molar-refractivity contribution in [2.75, 3.05) is 37.6 Å². The molecule has 2 aliphatic carbocycles. The molecule has 0 N–H and O–H groups in total. The monoisotopic (exact) mass is 390 g/mol. The van der Waals surface area contributed by atoms with Gasteiger partial charge in [-0.3, -0.25) is 4.90 Å². The first-order valence-electron chi connectivity index (χ1n) is 11.8. The van der Waals surface area contributed by atoms with Crippen LogP contribution < -0.4 is 4.90 Å². The summed E-state index contributed by atoms with van der Waals surface area (Å²) >= 11 is 0. The molecule has 0 atom stereocenters. The smallest absolute Gasteiger partial charge is 0.115 e. The maximum atomic E-state index is 4.63. The number of fused-ring (bicyclic) bond motifs is 2. The zero-order valence-corrected chi connectivity index (χ0v) is 17.7. The zero-order valence-electron chi connectivity index (χ0n) is 17.7. The molecular weight excluding hydrogens is 356 g/mol. The highest BCUT2D eigenvalue weighted by Gasteiger charge is 2.22. The first-order chi connectivity index (χ1) is 14.4. The summed E-state index contributed by atoms with van der Waals surface area (Å²) in [5, 5.41) is 0. The summed E-state index contributed by atoms with van der Waals surface area (Å²) in [6, 6.07) is 6.98. The van der Waals surface area contributed by atoms with E-state index in [-0.39, 0.29) is 0 Å². The predicted octanol–water partition coefficient (Wildman–Crippen LogP) is 3.99. The van der Waals surface area contributed by atoms with E-state index >= 15 is 0 Å². The van der Waals surface area contributed by atoms with Gasteiger partial charge in [0.25, 0.3) is 0 Å². The summed E-state index contributed by atoms with van der Waals surface area (Å²) in [5.74, 6) is 0. The number of aryl methyl sites for hydroxylation is 3. The van der Waals surface area contributed by atoms with Crippen LogP contribution in [0.15, 0.2) is 24.5 Å². The molecule has 29 heavy (non-hydrogen) atoms. The SMILES string of the molecule is c1cc2c(c(N3CCN(CCCc4ncnc5c4CCCC5)CC3)c1)CCCC2. The number of anilines is 1. The van der Waals surface area contributed by atoms with Gasteiger partial charge in [-0.2, -0.15) is 0 Å². The van der Waals surface area contributed by atoms with Gasteiger partial charge in [-0.05, 0) is 93.5 Å². The van der Waals surface area contributed by atoms with Crippen LogP contribution in [0.5, 0.6) is 0 Å². The van der Waals surface area contributed by atoms with E-state index in [1.54, 1.807) is 17.5 Å². The third kappa shape index (κ3) is 4.18. The van der Waals surface area contributed by atoms with Crippen LogP contribution in [0.1, 0.15) is 60.2 Å². The Labute approximate surface area is 175 Å². The molecule has 1 aliphatic heterocycles. The van der Waals surface area contributed by atoms with Gasteiger partial charge >= 0.3 is 0 Å². The fourth-order valence-electron chi connectivity index (χ4n) is 5.54. The Morgan fingerprint density at radius 1 is 0.793 bits per heavy atom. The molecule has 2 heterocycles. The minimum atomic E-state index is 1.11. The molecular formula is C25H34N4. The van der Waals surface area contributed by atoms with E-state index in [0.29, 0.717) is 0 Å². The largest absolute Gasteiger partial charge is 0.369 e. The van der Waals surface area contributed by atoms with Gasteiger partial charge in [-0.15, -0.1) is 0 Å². The average molecular weight is 391 g/mol. The molecule has 1 fully saturated rings. The number of aromatic nitrogens is 2. The molecule has 154 valence electrons. The minimum Gasteiger partial charge on any atom is -0.369 e. The average Bonchev–Trinajstić information content (AvgIpc) is 2.79. The van der Waals surface area contributed by atoms with Crippen LogP contribution in [0, 0.1) is 0 Å². The maximum Gasteiger partial charge on any atom is 0.115 e. The fraction of sp³-hybridized carbons (Fsp3) is 0.600. The Morgan fingerprint density at radius 3 is 2.48 bits per heavy atom. The molecule has 3 aliphatic rings. The molecule has 0 radical (unpaired) electrons. The molecule has 0 spiro atoms. The van der Waals surface area contributed by atoms with E-state index < -0.39 is 0 Å². The second kappa shape index (κ2) is 8.83. The van der Waals surface area contributed by atoms with E-state index in [9.17, 15) is 0 Å². The lowest BCUT2D eigenvalue weighted by Crippen LogP contribution is -2.47. The van der Waals surface area contributed by atoms with Gasteiger partial charge in [0, 0.05) is 43.3 Å². The Morgan fingerprint density at radius 2 is 1.59 bits per heavy atom. The Balaban J connectivity index is 1.14. The molecule has 0 unspecified atom stereocenters. The van der Waals surface area contributed by atoms with Gasteiger partial charge in [0.1, 0.15) is 6.33 Å². The first-order valence-corrected chi connectivity index (χ1v) is 11.8. The van der Waals surface area contributed by atoms with E-state index in [1.807, 2.05) is 0 Å². The molecule has 5 rings (SSSR count). The van der Waals surface area contributed by atoms with E-state index in [0.717, 1.165) is 12.8 Å². The molecule has 1 aromatic carbocycles. The predicted molar refractivity (Wildman–Crippen MR) is 119 cm³/mol. The van der Waals surface area contributed by atoms with Crippen molar-refractivity contribution >= 4 is 5.69 Å². The minimum absolute atomic E-state index is 1.11. The van der Waals surface area contributed by atoms with E-state index in [2.05, 4.69) is 38.0 Å². The summed E-state index contributed by atoms with van der Waals surface area (Å²) in [6.45, 7) is 5.90. The molecule has 1 saturated heterocycles. The quantitative estimate of drug-likeness (QED) is 0.773. The van der Waals surface area contributed by atoms with Crippen molar-refractivity contribution in [1.29, 1.82) is 0 Å². The van der Waals surface area contributed by atoms with Gasteiger partial charge in [0.05, 0.1) is 0 Å². The lowest BCUT2D eigenvalue weighted by atomic mass is 9.90. The van der Waals surface area contributed by atoms with Gasteiger partial charge < -0.3 is 4.90 Å². The highest BCUT2D eigenvalue weighted by molar-refractivity contribution is 5.58. The Kier molecular flexibility index (Phi) is 5.80. The molecule has 2 aromatic rings. The molecule has 4 nitrogen and oxygen atoms in total. The third-order valence-electron chi connectivity index (χ3n) is 7.19. The number of piperazine rings is 1. The highest BCUT2D eigenvalue weighted by Crippen LogP contribution is 2.31. The van der Waals surface area contributed by atoms with Gasteiger partial charge in [0.15, 0.2) is 0 Å². The van der Waals surface area contributed by atoms with Crippen molar-refractivity contribution in [3.05, 3.63) is 52.6 Å². The zero-order chi connectivity index (χ0) is 19.5. The number of hydrogen-bond acceptors (Lipinski definition) is 4. The van der Waals surface area contributed by atoms with E-state index in [4.69, 9.17) is 0 Å². The van der Waals surface area contributed by atoms with Crippen molar-refractivity contribution in [1.82, 2.24) is 14.9 Å². The van der Waals surface area contributed by atoms with Crippen LogP contribution in [0.2, 0.25) is 0 Å². The topological polar surface area (TPSA) is 32.3 Å². The molecule has 4 heteroatoms. The van der Waals surface area contributed by atoms with Crippen LogP contribution in [0.25, 0.3) is 0 Å². The van der Waals surface area contributed by atoms with Crippen molar-refractivity contribution in [3.8, 4) is 0 Å². The molecule has 0 bridgehead atoms. The van der Waals surface area contributed by atoms with Crippen LogP contribution in [0.4, 0.5) is 5.69 Å². The van der Waals surface area contributed by atoms with Crippen molar-refractivity contribution < 1.29 is 0 Å². The Hall–Kier alpha value is -1.94. The first kappa shape index (κ1) is 19.0. The third-order valence-corrected chi connectivity index (χ3v) is 7.19. The second-order valence-electron chi connectivity index (χ2n) is 9.01. The Bertz CT molecular complexity index is 836. The van der Waals surface area contributed by atoms with Crippen LogP contribution in [-0.4, -0.2) is 47.6 Å². The fourth-order valence-corrected chi connectivity index (χ4v) is 5.54. The lowest BCUT2D eigenvalue weighted by Gasteiger charge is -2.38. The second-order valence-corrected chi connectivity index (χ2v) is 9.01. The lowest BCUT2D eigenvalue weighted by molar-refractivity contribution is 0.254. The number of nitrogens with zero attached hydrogens (tertiary/aromatic N) is 4. The number of benzene rings is 1. The summed E-state index contributed by atoms with van der Waals surface area (Å²) in [7, 11) is 0. The molecule has 1 aromatic heterocycles. The number of hydrogen-bond donors (Lipinski definition) is 0. The summed E-state index contributed by atoms with van der Waals surface area (Å²) in [5.41, 5.74) is 8.88. The van der Waals surface area contributed by atoms with Crippen LogP contribution >= 0.6 is 0 Å². The summed E-state index contributed by atoms with van der Waals surface area (Å²) < 4.78 is 0. The van der Waals surface area contributed by atoms with Crippen molar-refractivity contribution in [2.24, 2.45) is 0 Å². The standard InChI is InChI=1S/C25H34N4/c1-2-9-21-20(7-1)8-5-13-25(21)29-17-15-28(16-18-29)14-6-12-24-22-10-3-4-11-23(22)26-19-27-24/h5,8,13,19H,1-4,6-7,9-12,14-18H2. The highest BCUT2D eigenvalue weighted by atomic mass is 15.3. The summed E-state index contributed by atoms with van der Waals surface area (Å²) in [4.78, 5) is 14.4. The van der Waals surface area contributed by atoms with Crippen molar-refractivity contribution in [2.45, 2.75) is 64.2 Å². The molecule has 0 amide bonds. The maximum absolute atomic E-state index is 4.63. The van der Waals surface area contributed by atoms with Gasteiger partial charge in [-0.1, -0.05) is 12.1 Å². The van der Waals surface area contributed by atoms with Crippen LogP contribution in [0.3, 0.4) is 0 Å². The summed E-state index contributed by atoms with van der Waals surface area (Å²) in [6.07, 6.45) is 14.3. The van der Waals surface area contributed by atoms with Crippen LogP contribution in [-0.2, 0) is 32.1 Å². The van der Waals surface area contributed by atoms with Crippen molar-refractivity contribution in [3.63, 3.8) is 0 Å². The normalized spacial score (nSPS) is 19.7. The van der Waals surface area contributed by atoms with Gasteiger partial charge in [0.2, 0.25) is 0 Å². The van der Waals surface area contributed by atoms with Gasteiger partial charge in [-0.25, -0.2) is 9.97 Å².